The molecule has 4 rings (SSSR count). The number of amides is 1. The largest absolute Gasteiger partial charge is 0.490 e. The first-order chi connectivity index (χ1) is 14.7. The number of carboxylic acids is 1. The Morgan fingerprint density at radius 1 is 1.29 bits per heavy atom. The summed E-state index contributed by atoms with van der Waals surface area (Å²) in [5.74, 6) is -2.49. The number of alkyl halides is 3. The lowest BCUT2D eigenvalue weighted by Crippen LogP contribution is -2.68. The van der Waals surface area contributed by atoms with Gasteiger partial charge in [0.25, 0.3) is 0 Å². The van der Waals surface area contributed by atoms with Gasteiger partial charge in [0, 0.05) is 32.0 Å². The predicted octanol–water partition coefficient (Wildman–Crippen LogP) is 2.03. The summed E-state index contributed by atoms with van der Waals surface area (Å²) < 4.78 is 49.1. The van der Waals surface area contributed by atoms with Gasteiger partial charge in [-0.1, -0.05) is 6.07 Å². The fourth-order valence-electron chi connectivity index (χ4n) is 3.84. The topological polar surface area (TPSA) is 98.2 Å². The van der Waals surface area contributed by atoms with Crippen LogP contribution in [0.15, 0.2) is 24.5 Å². The Morgan fingerprint density at radius 3 is 2.61 bits per heavy atom. The molecule has 0 radical (unpaired) electrons. The molecule has 172 valence electrons. The molecule has 1 aromatic rings. The number of halogens is 3. The number of carboxylic acid groups (broad SMARTS) is 1. The van der Waals surface area contributed by atoms with E-state index in [1.807, 2.05) is 23.2 Å². The Labute approximate surface area is 177 Å². The first-order valence-corrected chi connectivity index (χ1v) is 10.00. The maximum Gasteiger partial charge on any atom is 0.490 e. The Balaban J connectivity index is 0.000000339. The molecule has 2 atom stereocenters. The third kappa shape index (κ3) is 6.37. The maximum atomic E-state index is 12.4. The van der Waals surface area contributed by atoms with E-state index in [9.17, 15) is 18.0 Å². The zero-order chi connectivity index (χ0) is 22.5. The van der Waals surface area contributed by atoms with Gasteiger partial charge in [-0.3, -0.25) is 9.78 Å². The summed E-state index contributed by atoms with van der Waals surface area (Å²) in [6.45, 7) is 3.93. The van der Waals surface area contributed by atoms with E-state index in [1.165, 1.54) is 0 Å². The second kappa shape index (κ2) is 9.92. The summed E-state index contributed by atoms with van der Waals surface area (Å²) in [6, 6.07) is 3.95. The molecule has 31 heavy (non-hydrogen) atoms. The lowest BCUT2D eigenvalue weighted by atomic mass is 9.84. The molecule has 2 unspecified atom stereocenters. The zero-order valence-electron chi connectivity index (χ0n) is 16.8. The summed E-state index contributed by atoms with van der Waals surface area (Å²) in [7, 11) is 0. The molecular weight excluding hydrogens is 421 g/mol. The van der Waals surface area contributed by atoms with Gasteiger partial charge in [0.2, 0.25) is 5.91 Å². The first-order valence-electron chi connectivity index (χ1n) is 10.00. The van der Waals surface area contributed by atoms with Gasteiger partial charge in [-0.2, -0.15) is 13.2 Å². The van der Waals surface area contributed by atoms with Gasteiger partial charge >= 0.3 is 12.1 Å². The molecular formula is C20H25F3N2O6. The minimum Gasteiger partial charge on any atom is -0.475 e. The van der Waals surface area contributed by atoms with Crippen LogP contribution in [0.1, 0.15) is 24.8 Å². The van der Waals surface area contributed by atoms with Gasteiger partial charge < -0.3 is 24.2 Å². The van der Waals surface area contributed by atoms with Crippen molar-refractivity contribution >= 4 is 11.9 Å². The van der Waals surface area contributed by atoms with E-state index in [0.29, 0.717) is 39.5 Å². The van der Waals surface area contributed by atoms with E-state index in [0.717, 1.165) is 24.8 Å². The average Bonchev–Trinajstić information content (AvgIpc) is 3.25. The van der Waals surface area contributed by atoms with Gasteiger partial charge in [0.05, 0.1) is 38.3 Å². The second-order valence-electron chi connectivity index (χ2n) is 7.88. The summed E-state index contributed by atoms with van der Waals surface area (Å²) >= 11 is 0. The van der Waals surface area contributed by atoms with E-state index in [1.54, 1.807) is 6.20 Å². The SMILES string of the molecule is O=C(C1CCOC1)N1CC2(CC(OCc3cccnc3)CCO2)C1.O=C(O)C(F)(F)F. The minimum absolute atomic E-state index is 0.0450. The summed E-state index contributed by atoms with van der Waals surface area (Å²) in [5.41, 5.74) is 0.886. The molecule has 0 aromatic carbocycles. The molecule has 8 nitrogen and oxygen atoms in total. The van der Waals surface area contributed by atoms with Crippen LogP contribution in [-0.2, 0) is 30.4 Å². The number of hydrogen-bond acceptors (Lipinski definition) is 6. The second-order valence-corrected chi connectivity index (χ2v) is 7.88. The Morgan fingerprint density at radius 2 is 2.03 bits per heavy atom. The first kappa shape index (κ1) is 23.4. The monoisotopic (exact) mass is 446 g/mol. The van der Waals surface area contributed by atoms with E-state index >= 15 is 0 Å². The predicted molar refractivity (Wildman–Crippen MR) is 99.9 cm³/mol. The van der Waals surface area contributed by atoms with E-state index in [4.69, 9.17) is 24.1 Å². The highest BCUT2D eigenvalue weighted by Gasteiger charge is 2.50. The summed E-state index contributed by atoms with van der Waals surface area (Å²) in [5, 5.41) is 7.12. The zero-order valence-corrected chi connectivity index (χ0v) is 16.8. The fourth-order valence-corrected chi connectivity index (χ4v) is 3.84. The molecule has 3 saturated heterocycles. The number of carbonyl (C=O) groups is 2. The molecule has 3 aliphatic rings. The van der Waals surface area contributed by atoms with Crippen LogP contribution >= 0.6 is 0 Å². The van der Waals surface area contributed by atoms with Crippen molar-refractivity contribution in [2.24, 2.45) is 5.92 Å². The standard InChI is InChI=1S/C18H24N2O4.C2HF3O2/c21-17(15-3-6-22-11-15)20-12-18(13-20)8-16(4-7-24-18)23-10-14-2-1-5-19-9-14;3-2(4,5)1(6)7/h1-2,5,9,15-16H,3-4,6-8,10-13H2;(H,6,7). The van der Waals surface area contributed by atoms with Crippen LogP contribution in [0, 0.1) is 5.92 Å². The van der Waals surface area contributed by atoms with Crippen molar-refractivity contribution in [1.82, 2.24) is 9.88 Å². The molecule has 3 aliphatic heterocycles. The molecule has 11 heteroatoms. The number of aromatic nitrogens is 1. The van der Waals surface area contributed by atoms with Gasteiger partial charge in [0.1, 0.15) is 5.60 Å². The minimum atomic E-state index is -5.08. The smallest absolute Gasteiger partial charge is 0.475 e. The Hall–Kier alpha value is -2.24. The molecule has 0 bridgehead atoms. The third-order valence-corrected chi connectivity index (χ3v) is 5.45. The molecule has 3 fully saturated rings. The number of nitrogens with zero attached hydrogens (tertiary/aromatic N) is 2. The summed E-state index contributed by atoms with van der Waals surface area (Å²) in [4.78, 5) is 27.3. The van der Waals surface area contributed by atoms with Gasteiger partial charge in [0.15, 0.2) is 0 Å². The van der Waals surface area contributed by atoms with Gasteiger partial charge in [-0.25, -0.2) is 4.79 Å². The number of hydrogen-bond donors (Lipinski definition) is 1. The highest BCUT2D eigenvalue weighted by atomic mass is 19.4. The Kier molecular flexibility index (Phi) is 7.50. The van der Waals surface area contributed by atoms with Crippen molar-refractivity contribution in [2.45, 2.75) is 43.8 Å². The molecule has 1 amide bonds. The van der Waals surface area contributed by atoms with Crippen molar-refractivity contribution in [1.29, 1.82) is 0 Å². The van der Waals surface area contributed by atoms with Crippen LogP contribution in [0.25, 0.3) is 0 Å². The van der Waals surface area contributed by atoms with Crippen LogP contribution in [-0.4, -0.2) is 77.7 Å². The number of pyridine rings is 1. The highest BCUT2D eigenvalue weighted by Crippen LogP contribution is 2.36. The number of rotatable bonds is 4. The van der Waals surface area contributed by atoms with Gasteiger partial charge in [-0.15, -0.1) is 0 Å². The van der Waals surface area contributed by atoms with Gasteiger partial charge in [-0.05, 0) is 24.5 Å². The van der Waals surface area contributed by atoms with Crippen molar-refractivity contribution in [3.05, 3.63) is 30.1 Å². The summed E-state index contributed by atoms with van der Waals surface area (Å²) in [6.07, 6.45) is 1.32. The Bertz CT molecular complexity index is 749. The van der Waals surface area contributed by atoms with Crippen molar-refractivity contribution < 1.29 is 42.1 Å². The van der Waals surface area contributed by atoms with Crippen molar-refractivity contribution in [3.8, 4) is 0 Å². The van der Waals surface area contributed by atoms with E-state index in [2.05, 4.69) is 4.98 Å². The van der Waals surface area contributed by atoms with Crippen LogP contribution in [0.5, 0.6) is 0 Å². The molecule has 1 N–H and O–H groups in total. The van der Waals surface area contributed by atoms with Crippen LogP contribution in [0.3, 0.4) is 0 Å². The third-order valence-electron chi connectivity index (χ3n) is 5.45. The molecule has 1 aromatic heterocycles. The van der Waals surface area contributed by atoms with E-state index in [-0.39, 0.29) is 23.5 Å². The lowest BCUT2D eigenvalue weighted by Gasteiger charge is -2.53. The molecule has 0 saturated carbocycles. The van der Waals surface area contributed by atoms with Crippen LogP contribution in [0.2, 0.25) is 0 Å². The van der Waals surface area contributed by atoms with Crippen molar-refractivity contribution in [2.75, 3.05) is 32.9 Å². The normalized spacial score (nSPS) is 24.8. The number of ether oxygens (including phenoxy) is 3. The fraction of sp³-hybridized carbons (Fsp3) is 0.650. The van der Waals surface area contributed by atoms with E-state index < -0.39 is 12.1 Å². The average molecular weight is 446 g/mol. The number of aliphatic carboxylic acids is 1. The lowest BCUT2D eigenvalue weighted by molar-refractivity contribution is -0.204. The maximum absolute atomic E-state index is 12.4. The molecule has 4 heterocycles. The molecule has 1 spiro atoms. The molecule has 0 aliphatic carbocycles. The number of likely N-dealkylation sites (tertiary alicyclic amines) is 1. The quantitative estimate of drug-likeness (QED) is 0.756. The van der Waals surface area contributed by atoms with Crippen LogP contribution in [0.4, 0.5) is 13.2 Å². The highest BCUT2D eigenvalue weighted by molar-refractivity contribution is 5.80. The number of carbonyl (C=O) groups excluding carboxylic acids is 1. The van der Waals surface area contributed by atoms with Crippen molar-refractivity contribution in [3.63, 3.8) is 0 Å². The van der Waals surface area contributed by atoms with Crippen LogP contribution < -0.4 is 0 Å².